The summed E-state index contributed by atoms with van der Waals surface area (Å²) < 4.78 is 13.3. The number of hydrogen-bond donors (Lipinski definition) is 1. The molecule has 0 aromatic heterocycles. The van der Waals surface area contributed by atoms with E-state index in [0.29, 0.717) is 17.5 Å². The molecular weight excluding hydrogens is 229 g/mol. The fraction of sp³-hybridized carbons (Fsp3) is 0.417. The van der Waals surface area contributed by atoms with Crippen LogP contribution >= 0.6 is 11.6 Å². The summed E-state index contributed by atoms with van der Waals surface area (Å²) in [6.45, 7) is 4.67. The molecule has 0 fully saturated rings. The smallest absolute Gasteiger partial charge is 0.254 e. The lowest BCUT2D eigenvalue weighted by atomic mass is 10.1. The van der Waals surface area contributed by atoms with Gasteiger partial charge in [0.25, 0.3) is 5.91 Å². The second-order valence-corrected chi connectivity index (χ2v) is 4.50. The van der Waals surface area contributed by atoms with E-state index < -0.39 is 11.7 Å². The van der Waals surface area contributed by atoms with Crippen LogP contribution in [0.1, 0.15) is 30.6 Å². The topological polar surface area (TPSA) is 29.1 Å². The van der Waals surface area contributed by atoms with Crippen LogP contribution < -0.4 is 5.32 Å². The third-order valence-electron chi connectivity index (χ3n) is 2.18. The number of amides is 1. The Balaban J connectivity index is 2.62. The quantitative estimate of drug-likeness (QED) is 0.864. The molecule has 0 atom stereocenters. The highest BCUT2D eigenvalue weighted by atomic mass is 35.5. The average Bonchev–Trinajstić information content (AvgIpc) is 2.21. The molecule has 88 valence electrons. The van der Waals surface area contributed by atoms with Crippen LogP contribution in [-0.2, 0) is 0 Å². The molecule has 1 aromatic rings. The Morgan fingerprint density at radius 1 is 1.50 bits per heavy atom. The summed E-state index contributed by atoms with van der Waals surface area (Å²) in [5.41, 5.74) is -0.00347. The second-order valence-electron chi connectivity index (χ2n) is 4.06. The predicted molar refractivity (Wildman–Crippen MR) is 63.2 cm³/mol. The van der Waals surface area contributed by atoms with Crippen LogP contribution in [0.5, 0.6) is 0 Å². The highest BCUT2D eigenvalue weighted by Gasteiger charge is 2.11. The molecule has 0 aliphatic heterocycles. The van der Waals surface area contributed by atoms with Crippen LogP contribution in [0.2, 0.25) is 5.02 Å². The minimum Gasteiger partial charge on any atom is -0.352 e. The van der Waals surface area contributed by atoms with Crippen LogP contribution in [0.3, 0.4) is 0 Å². The van der Waals surface area contributed by atoms with Crippen LogP contribution in [-0.4, -0.2) is 12.5 Å². The second kappa shape index (κ2) is 5.85. The van der Waals surface area contributed by atoms with Gasteiger partial charge in [0.2, 0.25) is 0 Å². The lowest BCUT2D eigenvalue weighted by molar-refractivity contribution is 0.0948. The molecule has 0 heterocycles. The Kier molecular flexibility index (Phi) is 4.74. The first-order chi connectivity index (χ1) is 7.50. The van der Waals surface area contributed by atoms with Crippen molar-refractivity contribution in [2.24, 2.45) is 5.92 Å². The lowest BCUT2D eigenvalue weighted by Gasteiger charge is -2.08. The standard InChI is InChI=1S/C12H15ClFNO/c1-8(2)5-6-15-12(16)10-7-9(13)3-4-11(10)14/h3-4,7-8H,5-6H2,1-2H3,(H,15,16). The highest BCUT2D eigenvalue weighted by molar-refractivity contribution is 6.30. The predicted octanol–water partition coefficient (Wildman–Crippen LogP) is 3.26. The van der Waals surface area contributed by atoms with Gasteiger partial charge in [0.1, 0.15) is 5.82 Å². The zero-order valence-corrected chi connectivity index (χ0v) is 10.1. The van der Waals surface area contributed by atoms with Crippen molar-refractivity contribution in [2.45, 2.75) is 20.3 Å². The Bertz CT molecular complexity index is 379. The maximum Gasteiger partial charge on any atom is 0.254 e. The van der Waals surface area contributed by atoms with Gasteiger partial charge in [0.05, 0.1) is 5.56 Å². The maximum atomic E-state index is 13.3. The Hall–Kier alpha value is -1.09. The van der Waals surface area contributed by atoms with Crippen LogP contribution in [0, 0.1) is 11.7 Å². The molecule has 1 N–H and O–H groups in total. The first-order valence-electron chi connectivity index (χ1n) is 5.24. The SMILES string of the molecule is CC(C)CCNC(=O)c1cc(Cl)ccc1F. The summed E-state index contributed by atoms with van der Waals surface area (Å²) in [5.74, 6) is -0.461. The van der Waals surface area contributed by atoms with Crippen LogP contribution in [0.25, 0.3) is 0 Å². The van der Waals surface area contributed by atoms with Gasteiger partial charge in [-0.2, -0.15) is 0 Å². The van der Waals surface area contributed by atoms with Crippen LogP contribution in [0.4, 0.5) is 4.39 Å². The molecule has 0 spiro atoms. The number of benzene rings is 1. The van der Waals surface area contributed by atoms with E-state index in [4.69, 9.17) is 11.6 Å². The minimum absolute atomic E-state index is 0.00347. The molecular formula is C12H15ClFNO. The summed E-state index contributed by atoms with van der Waals surface area (Å²) in [6, 6.07) is 3.95. The van der Waals surface area contributed by atoms with Crippen molar-refractivity contribution in [1.29, 1.82) is 0 Å². The van der Waals surface area contributed by atoms with Crippen molar-refractivity contribution in [3.8, 4) is 0 Å². The number of rotatable bonds is 4. The van der Waals surface area contributed by atoms with Gasteiger partial charge < -0.3 is 5.32 Å². The van der Waals surface area contributed by atoms with Gasteiger partial charge in [-0.3, -0.25) is 4.79 Å². The molecule has 0 aliphatic carbocycles. The largest absolute Gasteiger partial charge is 0.352 e. The van der Waals surface area contributed by atoms with Gasteiger partial charge in [-0.05, 0) is 30.5 Å². The molecule has 1 amide bonds. The van der Waals surface area contributed by atoms with E-state index in [0.717, 1.165) is 6.42 Å². The monoisotopic (exact) mass is 243 g/mol. The van der Waals surface area contributed by atoms with E-state index in [-0.39, 0.29) is 5.56 Å². The van der Waals surface area contributed by atoms with Gasteiger partial charge in [-0.25, -0.2) is 4.39 Å². The van der Waals surface area contributed by atoms with Crippen molar-refractivity contribution in [3.05, 3.63) is 34.6 Å². The van der Waals surface area contributed by atoms with Gasteiger partial charge >= 0.3 is 0 Å². The first kappa shape index (κ1) is 13.0. The molecule has 0 aliphatic rings. The average molecular weight is 244 g/mol. The summed E-state index contributed by atoms with van der Waals surface area (Å²) in [4.78, 5) is 11.6. The van der Waals surface area contributed by atoms with E-state index in [9.17, 15) is 9.18 Å². The normalized spacial score (nSPS) is 10.6. The first-order valence-corrected chi connectivity index (χ1v) is 5.61. The molecule has 0 bridgehead atoms. The summed E-state index contributed by atoms with van der Waals surface area (Å²) in [5, 5.41) is 3.02. The van der Waals surface area contributed by atoms with E-state index >= 15 is 0 Å². The lowest BCUT2D eigenvalue weighted by Crippen LogP contribution is -2.26. The highest BCUT2D eigenvalue weighted by Crippen LogP contribution is 2.14. The van der Waals surface area contributed by atoms with Crippen molar-refractivity contribution < 1.29 is 9.18 Å². The Labute approximate surface area is 99.8 Å². The number of nitrogens with one attached hydrogen (secondary N) is 1. The van der Waals surface area contributed by atoms with Crippen molar-refractivity contribution in [1.82, 2.24) is 5.32 Å². The van der Waals surface area contributed by atoms with E-state index in [1.807, 2.05) is 0 Å². The molecule has 0 unspecified atom stereocenters. The Morgan fingerprint density at radius 2 is 2.19 bits per heavy atom. The van der Waals surface area contributed by atoms with Crippen molar-refractivity contribution in [3.63, 3.8) is 0 Å². The summed E-state index contributed by atoms with van der Waals surface area (Å²) >= 11 is 5.70. The van der Waals surface area contributed by atoms with Crippen molar-refractivity contribution >= 4 is 17.5 Å². The third-order valence-corrected chi connectivity index (χ3v) is 2.42. The van der Waals surface area contributed by atoms with Gasteiger partial charge in [-0.15, -0.1) is 0 Å². The molecule has 4 heteroatoms. The number of hydrogen-bond acceptors (Lipinski definition) is 1. The fourth-order valence-electron chi connectivity index (χ4n) is 1.24. The zero-order valence-electron chi connectivity index (χ0n) is 9.39. The molecule has 0 saturated heterocycles. The maximum absolute atomic E-state index is 13.3. The molecule has 1 rings (SSSR count). The molecule has 0 radical (unpaired) electrons. The van der Waals surface area contributed by atoms with Crippen molar-refractivity contribution in [2.75, 3.05) is 6.54 Å². The zero-order chi connectivity index (χ0) is 12.1. The fourth-order valence-corrected chi connectivity index (χ4v) is 1.41. The van der Waals surface area contributed by atoms with E-state index in [2.05, 4.69) is 19.2 Å². The van der Waals surface area contributed by atoms with Gasteiger partial charge in [0, 0.05) is 11.6 Å². The summed E-state index contributed by atoms with van der Waals surface area (Å²) in [6.07, 6.45) is 0.869. The number of halogens is 2. The molecule has 16 heavy (non-hydrogen) atoms. The number of carbonyl (C=O) groups excluding carboxylic acids is 1. The van der Waals surface area contributed by atoms with E-state index in [1.165, 1.54) is 18.2 Å². The Morgan fingerprint density at radius 3 is 2.81 bits per heavy atom. The van der Waals surface area contributed by atoms with Crippen LogP contribution in [0.15, 0.2) is 18.2 Å². The minimum atomic E-state index is -0.550. The van der Waals surface area contributed by atoms with Gasteiger partial charge in [-0.1, -0.05) is 25.4 Å². The van der Waals surface area contributed by atoms with E-state index in [1.54, 1.807) is 0 Å². The summed E-state index contributed by atoms with van der Waals surface area (Å²) in [7, 11) is 0. The van der Waals surface area contributed by atoms with Gasteiger partial charge in [0.15, 0.2) is 0 Å². The number of carbonyl (C=O) groups is 1. The molecule has 1 aromatic carbocycles. The molecule has 0 saturated carbocycles. The third kappa shape index (κ3) is 3.81. The molecule has 2 nitrogen and oxygen atoms in total.